The summed E-state index contributed by atoms with van der Waals surface area (Å²) in [4.78, 5) is 42.5. The van der Waals surface area contributed by atoms with E-state index in [4.69, 9.17) is 4.74 Å². The molecule has 0 aromatic heterocycles. The number of nitrogens with zero attached hydrogens (tertiary/aromatic N) is 2. The third-order valence-electron chi connectivity index (χ3n) is 7.61. The Balaban J connectivity index is 1.55. The number of hydrogen-bond donors (Lipinski definition) is 4. The first-order chi connectivity index (χ1) is 15.7. The van der Waals surface area contributed by atoms with Gasteiger partial charge in [0, 0.05) is 36.9 Å². The summed E-state index contributed by atoms with van der Waals surface area (Å²) >= 11 is 0. The first kappa shape index (κ1) is 22.1. The number of morpholine rings is 1. The molecule has 178 valence electrons. The normalized spacial score (nSPS) is 31.7. The maximum absolute atomic E-state index is 13.2. The molecule has 0 radical (unpaired) electrons. The molecule has 1 spiro atoms. The fourth-order valence-electron chi connectivity index (χ4n) is 6.12. The number of urea groups is 1. The van der Waals surface area contributed by atoms with Crippen LogP contribution in [0.15, 0.2) is 18.2 Å². The fourth-order valence-corrected chi connectivity index (χ4v) is 6.12. The highest BCUT2D eigenvalue weighted by atomic mass is 16.5. The van der Waals surface area contributed by atoms with Gasteiger partial charge in [0.15, 0.2) is 5.41 Å². The second-order valence-electron chi connectivity index (χ2n) is 9.69. The van der Waals surface area contributed by atoms with Crippen molar-refractivity contribution in [3.05, 3.63) is 23.8 Å². The number of aliphatic hydroxyl groups excluding tert-OH is 2. The number of benzene rings is 1. The Labute approximate surface area is 191 Å². The van der Waals surface area contributed by atoms with Crippen LogP contribution < -0.4 is 20.4 Å². The van der Waals surface area contributed by atoms with E-state index in [2.05, 4.69) is 20.4 Å². The van der Waals surface area contributed by atoms with E-state index in [1.165, 1.54) is 0 Å². The molecule has 4 aliphatic rings. The number of nitrogens with one attached hydrogen (secondary N) is 2. The number of carbonyl (C=O) groups is 3. The van der Waals surface area contributed by atoms with E-state index in [9.17, 15) is 24.6 Å². The molecule has 5 rings (SSSR count). The van der Waals surface area contributed by atoms with Crippen molar-refractivity contribution in [1.82, 2.24) is 10.6 Å². The molecular formula is C23H30N4O6. The molecule has 0 aliphatic carbocycles. The number of imide groups is 2. The van der Waals surface area contributed by atoms with Crippen LogP contribution >= 0.6 is 0 Å². The summed E-state index contributed by atoms with van der Waals surface area (Å²) < 4.78 is 6.03. The van der Waals surface area contributed by atoms with Crippen LogP contribution in [0, 0.1) is 11.3 Å². The van der Waals surface area contributed by atoms with Gasteiger partial charge in [-0.05, 0) is 50.5 Å². The van der Waals surface area contributed by atoms with Gasteiger partial charge in [-0.15, -0.1) is 0 Å². The molecule has 0 unspecified atom stereocenters. The van der Waals surface area contributed by atoms with E-state index in [1.54, 1.807) is 0 Å². The Morgan fingerprint density at radius 2 is 1.91 bits per heavy atom. The number of fused-ring (bicyclic) bond motifs is 4. The Hall–Kier alpha value is -2.69. The molecular weight excluding hydrogens is 428 g/mol. The number of rotatable bonds is 3. The summed E-state index contributed by atoms with van der Waals surface area (Å²) in [5.41, 5.74) is 1.27. The molecule has 1 aromatic rings. The lowest BCUT2D eigenvalue weighted by molar-refractivity contribution is -0.153. The Morgan fingerprint density at radius 1 is 1.18 bits per heavy atom. The van der Waals surface area contributed by atoms with E-state index in [-0.39, 0.29) is 25.0 Å². The van der Waals surface area contributed by atoms with Crippen molar-refractivity contribution in [2.75, 3.05) is 36.0 Å². The molecule has 4 aliphatic heterocycles. The molecule has 10 heteroatoms. The fraction of sp³-hybridized carbons (Fsp3) is 0.609. The monoisotopic (exact) mass is 458 g/mol. The van der Waals surface area contributed by atoms with Gasteiger partial charge in [-0.25, -0.2) is 4.79 Å². The third-order valence-corrected chi connectivity index (χ3v) is 7.61. The van der Waals surface area contributed by atoms with E-state index in [0.29, 0.717) is 13.1 Å². The van der Waals surface area contributed by atoms with Crippen molar-refractivity contribution in [2.45, 2.75) is 51.0 Å². The highest BCUT2D eigenvalue weighted by molar-refractivity contribution is 6.20. The summed E-state index contributed by atoms with van der Waals surface area (Å²) in [6, 6.07) is 4.70. The second-order valence-corrected chi connectivity index (χ2v) is 9.69. The van der Waals surface area contributed by atoms with E-state index >= 15 is 0 Å². The number of barbiturate groups is 1. The maximum Gasteiger partial charge on any atom is 0.328 e. The van der Waals surface area contributed by atoms with Gasteiger partial charge in [0.1, 0.15) is 0 Å². The number of aliphatic hydroxyl groups is 2. The molecule has 0 bridgehead atoms. The van der Waals surface area contributed by atoms with Crippen LogP contribution in [0.3, 0.4) is 0 Å². The smallest absolute Gasteiger partial charge is 0.328 e. The zero-order chi connectivity index (χ0) is 23.5. The molecule has 1 aromatic carbocycles. The SMILES string of the molecule is C[C@@H]1CN2c3ccc(N4CC[C@H]([C@@H](O)CO)C4)cc3CC3(C(=O)NC(=O)NC3=O)[C@H]2[C@H](C)O1. The molecule has 4 heterocycles. The number of hydrogen-bond acceptors (Lipinski definition) is 8. The van der Waals surface area contributed by atoms with Gasteiger partial charge >= 0.3 is 6.03 Å². The van der Waals surface area contributed by atoms with Crippen LogP contribution in [-0.4, -0.2) is 78.7 Å². The first-order valence-electron chi connectivity index (χ1n) is 11.5. The van der Waals surface area contributed by atoms with Crippen LogP contribution in [0.1, 0.15) is 25.8 Å². The van der Waals surface area contributed by atoms with Gasteiger partial charge in [0.2, 0.25) is 11.8 Å². The predicted octanol–water partition coefficient (Wildman–Crippen LogP) is -0.243. The van der Waals surface area contributed by atoms with Crippen LogP contribution in [0.2, 0.25) is 0 Å². The van der Waals surface area contributed by atoms with Crippen LogP contribution in [0.5, 0.6) is 0 Å². The highest BCUT2D eigenvalue weighted by Gasteiger charge is 2.62. The van der Waals surface area contributed by atoms with Gasteiger partial charge in [-0.3, -0.25) is 20.2 Å². The lowest BCUT2D eigenvalue weighted by atomic mass is 9.66. The van der Waals surface area contributed by atoms with Gasteiger partial charge < -0.3 is 24.7 Å². The minimum Gasteiger partial charge on any atom is -0.394 e. The van der Waals surface area contributed by atoms with Gasteiger partial charge in [0.05, 0.1) is 31.0 Å². The van der Waals surface area contributed by atoms with Crippen LogP contribution in [-0.2, 0) is 20.7 Å². The second kappa shape index (κ2) is 7.96. The van der Waals surface area contributed by atoms with E-state index in [1.807, 2.05) is 32.0 Å². The summed E-state index contributed by atoms with van der Waals surface area (Å²) in [5, 5.41) is 23.9. The number of carbonyl (C=O) groups excluding carboxylic acids is 3. The summed E-state index contributed by atoms with van der Waals surface area (Å²) in [6.45, 7) is 5.45. The summed E-state index contributed by atoms with van der Waals surface area (Å²) in [6.07, 6.45) is -0.308. The first-order valence-corrected chi connectivity index (χ1v) is 11.5. The number of amides is 4. The molecule has 3 fully saturated rings. The zero-order valence-electron chi connectivity index (χ0n) is 18.8. The molecule has 0 saturated carbocycles. The number of anilines is 2. The molecule has 5 atom stereocenters. The van der Waals surface area contributed by atoms with Crippen LogP contribution in [0.25, 0.3) is 0 Å². The van der Waals surface area contributed by atoms with E-state index < -0.39 is 41.5 Å². The van der Waals surface area contributed by atoms with Gasteiger partial charge in [0.25, 0.3) is 0 Å². The van der Waals surface area contributed by atoms with Crippen molar-refractivity contribution in [3.63, 3.8) is 0 Å². The molecule has 3 saturated heterocycles. The van der Waals surface area contributed by atoms with Crippen molar-refractivity contribution in [2.24, 2.45) is 11.3 Å². The van der Waals surface area contributed by atoms with Crippen molar-refractivity contribution in [1.29, 1.82) is 0 Å². The summed E-state index contributed by atoms with van der Waals surface area (Å²) in [5.74, 6) is -1.21. The average Bonchev–Trinajstić information content (AvgIpc) is 3.26. The average molecular weight is 459 g/mol. The number of ether oxygens (including phenoxy) is 1. The molecule has 4 N–H and O–H groups in total. The lowest BCUT2D eigenvalue weighted by Crippen LogP contribution is -2.75. The van der Waals surface area contributed by atoms with Gasteiger partial charge in [-0.2, -0.15) is 0 Å². The Morgan fingerprint density at radius 3 is 2.61 bits per heavy atom. The Bertz CT molecular complexity index is 979. The topological polar surface area (TPSA) is 131 Å². The minimum atomic E-state index is -1.49. The summed E-state index contributed by atoms with van der Waals surface area (Å²) in [7, 11) is 0. The largest absolute Gasteiger partial charge is 0.394 e. The molecule has 10 nitrogen and oxygen atoms in total. The lowest BCUT2D eigenvalue weighted by Gasteiger charge is -2.55. The predicted molar refractivity (Wildman–Crippen MR) is 119 cm³/mol. The third kappa shape index (κ3) is 3.39. The van der Waals surface area contributed by atoms with Crippen LogP contribution in [0.4, 0.5) is 16.2 Å². The van der Waals surface area contributed by atoms with Gasteiger partial charge in [-0.1, -0.05) is 0 Å². The zero-order valence-corrected chi connectivity index (χ0v) is 18.8. The quantitative estimate of drug-likeness (QED) is 0.457. The molecule has 4 amide bonds. The highest BCUT2D eigenvalue weighted by Crippen LogP contribution is 2.47. The van der Waals surface area contributed by atoms with E-state index in [0.717, 1.165) is 29.9 Å². The van der Waals surface area contributed by atoms with Crippen molar-refractivity contribution >= 4 is 29.2 Å². The Kier molecular flexibility index (Phi) is 5.34. The minimum absolute atomic E-state index is 0.0105. The maximum atomic E-state index is 13.2. The standard InChI is InChI=1S/C23H30N4O6/c1-12-9-27-17-4-3-16(26-6-5-14(10-26)18(29)11-28)7-15(17)8-23(19(27)13(2)33-12)20(30)24-22(32)25-21(23)31/h3-4,7,12-14,18-19,28-29H,5-6,8-11H2,1-2H3,(H2,24,25,30,31,32)/t12-,13+,14+,18+,19-/m1/s1. The molecule has 33 heavy (non-hydrogen) atoms. The van der Waals surface area contributed by atoms with Crippen molar-refractivity contribution in [3.8, 4) is 0 Å². The van der Waals surface area contributed by atoms with Crippen molar-refractivity contribution < 1.29 is 29.3 Å².